The number of rotatable bonds is 7. The molecule has 0 radical (unpaired) electrons. The number of benzene rings is 1. The Labute approximate surface area is 158 Å². The van der Waals surface area contributed by atoms with Crippen LogP contribution >= 0.6 is 0 Å². The number of aromatic nitrogens is 1. The number of carbonyl (C=O) groups is 1. The second-order valence-corrected chi connectivity index (χ2v) is 6.40. The number of hydrogen-bond donors (Lipinski definition) is 1. The first-order chi connectivity index (χ1) is 13.4. The number of hydrogen-bond acceptors (Lipinski definition) is 4. The lowest BCUT2D eigenvalue weighted by Crippen LogP contribution is -2.41. The average Bonchev–Trinajstić information content (AvgIpc) is 3.09. The van der Waals surface area contributed by atoms with Crippen molar-refractivity contribution in [2.45, 2.75) is 25.0 Å². The van der Waals surface area contributed by atoms with Crippen LogP contribution in [0.4, 0.5) is 17.6 Å². The molecular weight excluding hydrogens is 380 g/mol. The maximum atomic E-state index is 13.3. The van der Waals surface area contributed by atoms with Gasteiger partial charge >= 0.3 is 12.5 Å². The number of halogens is 4. The topological polar surface area (TPSA) is 60.5 Å². The summed E-state index contributed by atoms with van der Waals surface area (Å²) in [6, 6.07) is 8.38. The van der Waals surface area contributed by atoms with Crippen LogP contribution in [0, 0.1) is 5.92 Å². The summed E-state index contributed by atoms with van der Waals surface area (Å²) >= 11 is 0. The van der Waals surface area contributed by atoms with Crippen molar-refractivity contribution in [2.24, 2.45) is 5.92 Å². The molecule has 9 heteroatoms. The van der Waals surface area contributed by atoms with Crippen LogP contribution in [0.5, 0.6) is 5.75 Å². The van der Waals surface area contributed by atoms with Crippen molar-refractivity contribution in [3.63, 3.8) is 0 Å². The van der Waals surface area contributed by atoms with Crippen LogP contribution in [-0.2, 0) is 11.2 Å². The highest BCUT2D eigenvalue weighted by Gasteiger charge is 2.44. The molecule has 1 N–H and O–H groups in total. The Kier molecular flexibility index (Phi) is 6.13. The zero-order valence-electron chi connectivity index (χ0n) is 14.7. The van der Waals surface area contributed by atoms with Crippen LogP contribution in [-0.4, -0.2) is 42.7 Å². The van der Waals surface area contributed by atoms with Crippen LogP contribution in [0.3, 0.4) is 0 Å². The van der Waals surface area contributed by atoms with Gasteiger partial charge < -0.3 is 14.8 Å². The van der Waals surface area contributed by atoms with E-state index in [9.17, 15) is 22.4 Å². The highest BCUT2D eigenvalue weighted by molar-refractivity contribution is 5.97. The maximum absolute atomic E-state index is 13.3. The van der Waals surface area contributed by atoms with Gasteiger partial charge in [-0.15, -0.1) is 0 Å². The Morgan fingerprint density at radius 2 is 1.93 bits per heavy atom. The fourth-order valence-corrected chi connectivity index (χ4v) is 2.96. The van der Waals surface area contributed by atoms with E-state index in [1.807, 2.05) is 12.1 Å². The van der Waals surface area contributed by atoms with Crippen molar-refractivity contribution in [1.29, 1.82) is 0 Å². The SMILES string of the molecule is O=C(N[C@H]1COC[C@H]1Cc1ccncc1)c1ccccc1OC(F)(F)C(F)F. The maximum Gasteiger partial charge on any atom is 0.461 e. The lowest BCUT2D eigenvalue weighted by Gasteiger charge is -2.21. The quantitative estimate of drug-likeness (QED) is 0.727. The molecule has 1 aromatic heterocycles. The Balaban J connectivity index is 1.71. The fourth-order valence-electron chi connectivity index (χ4n) is 2.96. The molecule has 5 nitrogen and oxygen atoms in total. The molecule has 1 amide bonds. The Bertz CT molecular complexity index is 805. The molecule has 1 aliphatic heterocycles. The molecular formula is C19H18F4N2O3. The molecule has 28 heavy (non-hydrogen) atoms. The first kappa shape index (κ1) is 20.1. The highest BCUT2D eigenvalue weighted by atomic mass is 19.3. The van der Waals surface area contributed by atoms with Gasteiger partial charge in [-0.05, 0) is 36.2 Å². The molecule has 2 atom stereocenters. The van der Waals surface area contributed by atoms with Gasteiger partial charge in [-0.25, -0.2) is 0 Å². The van der Waals surface area contributed by atoms with Gasteiger partial charge in [0, 0.05) is 18.3 Å². The van der Waals surface area contributed by atoms with E-state index < -0.39 is 24.2 Å². The molecule has 150 valence electrons. The van der Waals surface area contributed by atoms with E-state index in [-0.39, 0.29) is 24.1 Å². The van der Waals surface area contributed by atoms with Gasteiger partial charge in [0.25, 0.3) is 5.91 Å². The molecule has 0 spiro atoms. The zero-order valence-corrected chi connectivity index (χ0v) is 14.7. The summed E-state index contributed by atoms with van der Waals surface area (Å²) in [7, 11) is 0. The van der Waals surface area contributed by atoms with Crippen molar-refractivity contribution < 1.29 is 31.8 Å². The van der Waals surface area contributed by atoms with Crippen LogP contribution < -0.4 is 10.1 Å². The molecule has 1 saturated heterocycles. The van der Waals surface area contributed by atoms with E-state index in [2.05, 4.69) is 15.0 Å². The predicted molar refractivity (Wildman–Crippen MR) is 91.5 cm³/mol. The van der Waals surface area contributed by atoms with Crippen LogP contribution in [0.2, 0.25) is 0 Å². The number of amides is 1. The lowest BCUT2D eigenvalue weighted by molar-refractivity contribution is -0.253. The van der Waals surface area contributed by atoms with Gasteiger partial charge in [-0.1, -0.05) is 12.1 Å². The summed E-state index contributed by atoms with van der Waals surface area (Å²) in [6.45, 7) is 0.687. The number of para-hydroxylation sites is 1. The monoisotopic (exact) mass is 398 g/mol. The standard InChI is InChI=1S/C19H18F4N2O3/c20-18(21)19(22,23)28-16-4-2-1-3-14(16)17(26)25-15-11-27-10-13(15)9-12-5-7-24-8-6-12/h1-8,13,15,18H,9-11H2,(H,25,26)/t13-,15+/m1/s1. The van der Waals surface area contributed by atoms with Gasteiger partial charge in [-0.2, -0.15) is 17.6 Å². The molecule has 1 aliphatic rings. The molecule has 0 aliphatic carbocycles. The van der Waals surface area contributed by atoms with E-state index in [0.29, 0.717) is 13.0 Å². The lowest BCUT2D eigenvalue weighted by atomic mass is 9.95. The second kappa shape index (κ2) is 8.55. The number of pyridine rings is 1. The molecule has 1 aromatic carbocycles. The number of alkyl halides is 4. The Morgan fingerprint density at radius 1 is 1.21 bits per heavy atom. The number of nitrogens with zero attached hydrogens (tertiary/aromatic N) is 1. The van der Waals surface area contributed by atoms with E-state index in [1.165, 1.54) is 18.2 Å². The van der Waals surface area contributed by atoms with Crippen molar-refractivity contribution in [2.75, 3.05) is 13.2 Å². The zero-order chi connectivity index (χ0) is 20.1. The van der Waals surface area contributed by atoms with Gasteiger partial charge in [0.2, 0.25) is 0 Å². The van der Waals surface area contributed by atoms with E-state index in [4.69, 9.17) is 4.74 Å². The van der Waals surface area contributed by atoms with Gasteiger partial charge in [0.05, 0.1) is 24.8 Å². The molecule has 3 rings (SSSR count). The summed E-state index contributed by atoms with van der Waals surface area (Å²) in [5, 5.41) is 2.73. The van der Waals surface area contributed by atoms with Crippen LogP contribution in [0.15, 0.2) is 48.8 Å². The van der Waals surface area contributed by atoms with E-state index in [1.54, 1.807) is 12.4 Å². The van der Waals surface area contributed by atoms with Crippen molar-refractivity contribution in [3.05, 3.63) is 59.9 Å². The first-order valence-corrected chi connectivity index (χ1v) is 8.58. The van der Waals surface area contributed by atoms with Crippen molar-refractivity contribution >= 4 is 5.91 Å². The minimum atomic E-state index is -4.70. The normalized spacial score (nSPS) is 19.6. The largest absolute Gasteiger partial charge is 0.461 e. The molecule has 2 aromatic rings. The van der Waals surface area contributed by atoms with Crippen LogP contribution in [0.1, 0.15) is 15.9 Å². The Hall–Kier alpha value is -2.68. The third kappa shape index (κ3) is 4.78. The van der Waals surface area contributed by atoms with E-state index in [0.717, 1.165) is 11.6 Å². The highest BCUT2D eigenvalue weighted by Crippen LogP contribution is 2.30. The van der Waals surface area contributed by atoms with Crippen molar-refractivity contribution in [1.82, 2.24) is 10.3 Å². The van der Waals surface area contributed by atoms with Crippen LogP contribution in [0.25, 0.3) is 0 Å². The first-order valence-electron chi connectivity index (χ1n) is 8.58. The number of ether oxygens (including phenoxy) is 2. The average molecular weight is 398 g/mol. The molecule has 1 fully saturated rings. The second-order valence-electron chi connectivity index (χ2n) is 6.40. The summed E-state index contributed by atoms with van der Waals surface area (Å²) in [4.78, 5) is 16.5. The summed E-state index contributed by atoms with van der Waals surface area (Å²) in [5.74, 6) is -1.34. The minimum absolute atomic E-state index is 0.0260. The number of carbonyl (C=O) groups excluding carboxylic acids is 1. The minimum Gasteiger partial charge on any atom is -0.427 e. The predicted octanol–water partition coefficient (Wildman–Crippen LogP) is 3.31. The molecule has 0 unspecified atom stereocenters. The summed E-state index contributed by atoms with van der Waals surface area (Å²) < 4.78 is 60.9. The third-order valence-electron chi connectivity index (χ3n) is 4.39. The van der Waals surface area contributed by atoms with Gasteiger partial charge in [-0.3, -0.25) is 9.78 Å². The molecule has 0 bridgehead atoms. The smallest absolute Gasteiger partial charge is 0.427 e. The number of nitrogens with one attached hydrogen (secondary N) is 1. The fraction of sp³-hybridized carbons (Fsp3) is 0.368. The molecule has 0 saturated carbocycles. The Morgan fingerprint density at radius 3 is 2.64 bits per heavy atom. The van der Waals surface area contributed by atoms with Gasteiger partial charge in [0.1, 0.15) is 5.75 Å². The molecule has 2 heterocycles. The van der Waals surface area contributed by atoms with E-state index >= 15 is 0 Å². The summed E-state index contributed by atoms with van der Waals surface area (Å²) in [6.07, 6.45) is -4.76. The summed E-state index contributed by atoms with van der Waals surface area (Å²) in [5.41, 5.74) is 0.766. The third-order valence-corrected chi connectivity index (χ3v) is 4.39. The van der Waals surface area contributed by atoms with Gasteiger partial charge in [0.15, 0.2) is 0 Å². The van der Waals surface area contributed by atoms with Crippen molar-refractivity contribution in [3.8, 4) is 5.75 Å².